The fourth-order valence-corrected chi connectivity index (χ4v) is 3.32. The van der Waals surface area contributed by atoms with E-state index in [0.29, 0.717) is 5.41 Å². The van der Waals surface area contributed by atoms with Crippen molar-refractivity contribution in [2.75, 3.05) is 13.6 Å². The van der Waals surface area contributed by atoms with Crippen molar-refractivity contribution < 1.29 is 0 Å². The molecule has 90 valence electrons. The summed E-state index contributed by atoms with van der Waals surface area (Å²) in [6.07, 6.45) is 11.5. The van der Waals surface area contributed by atoms with Gasteiger partial charge < -0.3 is 5.32 Å². The summed E-state index contributed by atoms with van der Waals surface area (Å²) in [6, 6.07) is 0. The SMILES string of the molecule is CCC(CC)CC1(CNC)CCCCC1. The molecule has 0 aromatic carbocycles. The van der Waals surface area contributed by atoms with Gasteiger partial charge >= 0.3 is 0 Å². The van der Waals surface area contributed by atoms with E-state index in [2.05, 4.69) is 26.2 Å². The van der Waals surface area contributed by atoms with Gasteiger partial charge in [-0.25, -0.2) is 0 Å². The Hall–Kier alpha value is -0.0400. The summed E-state index contributed by atoms with van der Waals surface area (Å²) in [5.41, 5.74) is 0.643. The van der Waals surface area contributed by atoms with Crippen molar-refractivity contribution in [1.82, 2.24) is 5.32 Å². The molecule has 1 fully saturated rings. The fourth-order valence-electron chi connectivity index (χ4n) is 3.32. The van der Waals surface area contributed by atoms with Gasteiger partial charge in [0.25, 0.3) is 0 Å². The monoisotopic (exact) mass is 211 g/mol. The van der Waals surface area contributed by atoms with E-state index in [1.807, 2.05) is 0 Å². The number of nitrogens with one attached hydrogen (secondary N) is 1. The first kappa shape index (κ1) is 13.0. The summed E-state index contributed by atoms with van der Waals surface area (Å²) in [7, 11) is 2.11. The Bertz CT molecular complexity index is 149. The molecule has 1 saturated carbocycles. The Kier molecular flexibility index (Phi) is 5.66. The van der Waals surface area contributed by atoms with Crippen LogP contribution in [0.5, 0.6) is 0 Å². The molecule has 0 aromatic heterocycles. The first-order valence-corrected chi connectivity index (χ1v) is 6.91. The molecule has 1 rings (SSSR count). The average molecular weight is 211 g/mol. The second kappa shape index (κ2) is 6.52. The molecule has 0 atom stereocenters. The van der Waals surface area contributed by atoms with Gasteiger partial charge in [0.1, 0.15) is 0 Å². The van der Waals surface area contributed by atoms with Crippen molar-refractivity contribution in [3.63, 3.8) is 0 Å². The highest BCUT2D eigenvalue weighted by Gasteiger charge is 2.32. The normalized spacial score (nSPS) is 20.8. The van der Waals surface area contributed by atoms with Gasteiger partial charge in [0.05, 0.1) is 0 Å². The van der Waals surface area contributed by atoms with Gasteiger partial charge in [0.2, 0.25) is 0 Å². The van der Waals surface area contributed by atoms with Gasteiger partial charge in [-0.15, -0.1) is 0 Å². The standard InChI is InChI=1S/C14H29N/c1-4-13(5-2)11-14(12-15-3)9-7-6-8-10-14/h13,15H,4-12H2,1-3H3. The summed E-state index contributed by atoms with van der Waals surface area (Å²) in [6.45, 7) is 5.94. The van der Waals surface area contributed by atoms with Crippen LogP contribution >= 0.6 is 0 Å². The summed E-state index contributed by atoms with van der Waals surface area (Å²) in [4.78, 5) is 0. The van der Waals surface area contributed by atoms with Crippen molar-refractivity contribution in [1.29, 1.82) is 0 Å². The molecule has 1 aliphatic carbocycles. The largest absolute Gasteiger partial charge is 0.319 e. The van der Waals surface area contributed by atoms with Gasteiger partial charge in [0.15, 0.2) is 0 Å². The molecule has 0 unspecified atom stereocenters. The molecule has 0 radical (unpaired) electrons. The van der Waals surface area contributed by atoms with E-state index in [1.165, 1.54) is 57.9 Å². The molecule has 0 bridgehead atoms. The van der Waals surface area contributed by atoms with Gasteiger partial charge in [-0.3, -0.25) is 0 Å². The van der Waals surface area contributed by atoms with Crippen LogP contribution in [0.2, 0.25) is 0 Å². The Balaban J connectivity index is 2.54. The second-order valence-corrected chi connectivity index (χ2v) is 5.48. The van der Waals surface area contributed by atoms with Crippen LogP contribution in [0.3, 0.4) is 0 Å². The summed E-state index contributed by atoms with van der Waals surface area (Å²) in [5, 5.41) is 3.43. The maximum atomic E-state index is 3.43. The zero-order chi connectivity index (χ0) is 11.1. The fraction of sp³-hybridized carbons (Fsp3) is 1.00. The number of hydrogen-bond donors (Lipinski definition) is 1. The van der Waals surface area contributed by atoms with E-state index in [0.717, 1.165) is 5.92 Å². The lowest BCUT2D eigenvalue weighted by Crippen LogP contribution is -2.36. The van der Waals surface area contributed by atoms with Crippen molar-refractivity contribution in [3.05, 3.63) is 0 Å². The third-order valence-corrected chi connectivity index (χ3v) is 4.34. The quantitative estimate of drug-likeness (QED) is 0.700. The van der Waals surface area contributed by atoms with Crippen LogP contribution in [0.25, 0.3) is 0 Å². The highest BCUT2D eigenvalue weighted by Crippen LogP contribution is 2.42. The predicted octanol–water partition coefficient (Wildman–Crippen LogP) is 3.98. The van der Waals surface area contributed by atoms with Crippen LogP contribution < -0.4 is 5.32 Å². The molecule has 0 saturated heterocycles. The lowest BCUT2D eigenvalue weighted by atomic mass is 9.68. The molecule has 0 heterocycles. The first-order chi connectivity index (χ1) is 7.26. The molecule has 15 heavy (non-hydrogen) atoms. The Morgan fingerprint density at radius 1 is 1.07 bits per heavy atom. The molecule has 0 amide bonds. The highest BCUT2D eigenvalue weighted by molar-refractivity contribution is 4.86. The smallest absolute Gasteiger partial charge is 0.000490 e. The molecule has 1 nitrogen and oxygen atoms in total. The number of hydrogen-bond acceptors (Lipinski definition) is 1. The lowest BCUT2D eigenvalue weighted by molar-refractivity contribution is 0.137. The van der Waals surface area contributed by atoms with E-state index in [9.17, 15) is 0 Å². The zero-order valence-corrected chi connectivity index (χ0v) is 10.9. The van der Waals surface area contributed by atoms with E-state index < -0.39 is 0 Å². The van der Waals surface area contributed by atoms with Gasteiger partial charge in [-0.1, -0.05) is 46.0 Å². The molecule has 1 N–H and O–H groups in total. The summed E-state index contributed by atoms with van der Waals surface area (Å²) in [5.74, 6) is 0.955. The van der Waals surface area contributed by atoms with Crippen LogP contribution in [0, 0.1) is 11.3 Å². The van der Waals surface area contributed by atoms with E-state index in [1.54, 1.807) is 0 Å². The first-order valence-electron chi connectivity index (χ1n) is 6.91. The number of rotatable bonds is 6. The molecule has 1 aliphatic rings. The second-order valence-electron chi connectivity index (χ2n) is 5.48. The third kappa shape index (κ3) is 3.79. The molecule has 0 aromatic rings. The average Bonchev–Trinajstić information content (AvgIpc) is 2.28. The van der Waals surface area contributed by atoms with Crippen LogP contribution in [0.15, 0.2) is 0 Å². The molecule has 0 aliphatic heterocycles. The minimum absolute atomic E-state index is 0.643. The Morgan fingerprint density at radius 2 is 1.67 bits per heavy atom. The predicted molar refractivity (Wildman–Crippen MR) is 68.1 cm³/mol. The van der Waals surface area contributed by atoms with Crippen molar-refractivity contribution in [2.45, 2.75) is 65.2 Å². The molecule has 0 spiro atoms. The van der Waals surface area contributed by atoms with Crippen molar-refractivity contribution >= 4 is 0 Å². The minimum atomic E-state index is 0.643. The van der Waals surface area contributed by atoms with Crippen molar-refractivity contribution in [3.8, 4) is 0 Å². The van der Waals surface area contributed by atoms with Crippen LogP contribution in [-0.4, -0.2) is 13.6 Å². The molecule has 1 heteroatoms. The van der Waals surface area contributed by atoms with Crippen LogP contribution in [0.1, 0.15) is 65.2 Å². The Labute approximate surface area is 96.0 Å². The van der Waals surface area contributed by atoms with E-state index in [-0.39, 0.29) is 0 Å². The maximum Gasteiger partial charge on any atom is 0.000490 e. The maximum absolute atomic E-state index is 3.43. The minimum Gasteiger partial charge on any atom is -0.319 e. The van der Waals surface area contributed by atoms with Crippen molar-refractivity contribution in [2.24, 2.45) is 11.3 Å². The molecular formula is C14H29N. The van der Waals surface area contributed by atoms with Crippen LogP contribution in [-0.2, 0) is 0 Å². The summed E-state index contributed by atoms with van der Waals surface area (Å²) >= 11 is 0. The van der Waals surface area contributed by atoms with Gasteiger partial charge in [0, 0.05) is 6.54 Å². The van der Waals surface area contributed by atoms with E-state index >= 15 is 0 Å². The zero-order valence-electron chi connectivity index (χ0n) is 10.9. The summed E-state index contributed by atoms with van der Waals surface area (Å²) < 4.78 is 0. The van der Waals surface area contributed by atoms with Crippen LogP contribution in [0.4, 0.5) is 0 Å². The topological polar surface area (TPSA) is 12.0 Å². The molecular weight excluding hydrogens is 182 g/mol. The third-order valence-electron chi connectivity index (χ3n) is 4.34. The Morgan fingerprint density at radius 3 is 2.13 bits per heavy atom. The van der Waals surface area contributed by atoms with E-state index in [4.69, 9.17) is 0 Å². The highest BCUT2D eigenvalue weighted by atomic mass is 14.8. The van der Waals surface area contributed by atoms with Gasteiger partial charge in [-0.05, 0) is 37.6 Å². The van der Waals surface area contributed by atoms with Gasteiger partial charge in [-0.2, -0.15) is 0 Å². The lowest BCUT2D eigenvalue weighted by Gasteiger charge is -2.39.